The Labute approximate surface area is 102 Å². The Hall–Kier alpha value is 0.690. The number of piperidine rings is 1. The van der Waals surface area contributed by atoms with Crippen LogP contribution < -0.4 is 0 Å². The maximum atomic E-state index is 2.49. The van der Waals surface area contributed by atoms with E-state index in [2.05, 4.69) is 32.9 Å². The van der Waals surface area contributed by atoms with E-state index in [-0.39, 0.29) is 0 Å². The van der Waals surface area contributed by atoms with Crippen molar-refractivity contribution >= 4 is 22.9 Å². The van der Waals surface area contributed by atoms with E-state index in [4.69, 9.17) is 0 Å². The molecule has 0 atom stereocenters. The van der Waals surface area contributed by atoms with Gasteiger partial charge in [0.1, 0.15) is 0 Å². The molecule has 0 aromatic rings. The normalized spacial score (nSPS) is 29.6. The fourth-order valence-electron chi connectivity index (χ4n) is 3.51. The molecule has 14 heavy (non-hydrogen) atoms. The average molecular weight is 307 g/mol. The Morgan fingerprint density at radius 1 is 1.21 bits per heavy atom. The molecule has 0 radical (unpaired) electrons. The first-order valence-electron chi connectivity index (χ1n) is 6.17. The highest BCUT2D eigenvalue weighted by atomic mass is 127. The van der Waals surface area contributed by atoms with Crippen molar-refractivity contribution in [1.29, 1.82) is 0 Å². The van der Waals surface area contributed by atoms with Crippen molar-refractivity contribution < 1.29 is 0 Å². The molecule has 0 spiro atoms. The van der Waals surface area contributed by atoms with Crippen LogP contribution in [0.5, 0.6) is 0 Å². The van der Waals surface area contributed by atoms with Gasteiger partial charge in [-0.15, -0.1) is 0 Å². The summed E-state index contributed by atoms with van der Waals surface area (Å²) >= 11 is 2.49. The van der Waals surface area contributed by atoms with E-state index in [1.54, 1.807) is 0 Å². The van der Waals surface area contributed by atoms with Crippen LogP contribution in [0.25, 0.3) is 0 Å². The molecule has 0 amide bonds. The number of halogens is 1. The maximum Gasteiger partial charge on any atom is 0.0201 e. The van der Waals surface area contributed by atoms with Gasteiger partial charge < -0.3 is 0 Å². The molecule has 0 aromatic heterocycles. The van der Waals surface area contributed by atoms with Gasteiger partial charge in [0.05, 0.1) is 0 Å². The van der Waals surface area contributed by atoms with E-state index in [1.165, 1.54) is 58.0 Å². The second-order valence-electron chi connectivity index (χ2n) is 5.11. The molecule has 1 nitrogen and oxygen atoms in total. The van der Waals surface area contributed by atoms with Crippen molar-refractivity contribution in [3.8, 4) is 0 Å². The molecule has 82 valence electrons. The summed E-state index contributed by atoms with van der Waals surface area (Å²) in [5.41, 5.74) is 0.734. The minimum Gasteiger partial charge on any atom is -0.248 e. The van der Waals surface area contributed by atoms with E-state index in [1.807, 2.05) is 0 Å². The molecule has 2 aliphatic rings. The van der Waals surface area contributed by atoms with Crippen molar-refractivity contribution in [2.45, 2.75) is 51.9 Å². The summed E-state index contributed by atoms with van der Waals surface area (Å²) in [6.07, 6.45) is 10.4. The van der Waals surface area contributed by atoms with Crippen LogP contribution in [-0.2, 0) is 0 Å². The minimum absolute atomic E-state index is 0.734. The van der Waals surface area contributed by atoms with Crippen LogP contribution in [0.3, 0.4) is 0 Å². The molecule has 0 N–H and O–H groups in total. The maximum absolute atomic E-state index is 2.49. The number of rotatable bonds is 2. The molecule has 1 aliphatic carbocycles. The van der Waals surface area contributed by atoms with Crippen molar-refractivity contribution in [3.63, 3.8) is 0 Å². The van der Waals surface area contributed by atoms with Gasteiger partial charge in [0, 0.05) is 36.0 Å². The van der Waals surface area contributed by atoms with Crippen LogP contribution in [0.1, 0.15) is 51.9 Å². The highest BCUT2D eigenvalue weighted by molar-refractivity contribution is 14.1. The first-order valence-corrected chi connectivity index (χ1v) is 7.14. The van der Waals surface area contributed by atoms with E-state index in [0.717, 1.165) is 11.3 Å². The fourth-order valence-corrected chi connectivity index (χ4v) is 4.00. The van der Waals surface area contributed by atoms with E-state index >= 15 is 0 Å². The lowest BCUT2D eigenvalue weighted by atomic mass is 9.66. The zero-order valence-electron chi connectivity index (χ0n) is 9.27. The SMILES string of the molecule is CCC1(C2CCCC2)CCN(I)CC1. The van der Waals surface area contributed by atoms with Gasteiger partial charge in [-0.25, -0.2) is 3.11 Å². The lowest BCUT2D eigenvalue weighted by molar-refractivity contribution is 0.0834. The van der Waals surface area contributed by atoms with Gasteiger partial charge in [-0.05, 0) is 37.0 Å². The summed E-state index contributed by atoms with van der Waals surface area (Å²) in [7, 11) is 0. The van der Waals surface area contributed by atoms with E-state index in [0.29, 0.717) is 0 Å². The minimum atomic E-state index is 0.734. The molecule has 1 saturated carbocycles. The Bertz CT molecular complexity index is 179. The van der Waals surface area contributed by atoms with E-state index < -0.39 is 0 Å². The molecule has 0 aromatic carbocycles. The van der Waals surface area contributed by atoms with Gasteiger partial charge in [0.2, 0.25) is 0 Å². The first kappa shape index (κ1) is 11.2. The van der Waals surface area contributed by atoms with Gasteiger partial charge in [0.25, 0.3) is 0 Å². The molecule has 2 heteroatoms. The summed E-state index contributed by atoms with van der Waals surface area (Å²) in [4.78, 5) is 0. The Kier molecular flexibility index (Phi) is 3.74. The monoisotopic (exact) mass is 307 g/mol. The van der Waals surface area contributed by atoms with Crippen molar-refractivity contribution in [1.82, 2.24) is 3.11 Å². The van der Waals surface area contributed by atoms with Gasteiger partial charge in [-0.3, -0.25) is 0 Å². The predicted octanol–water partition coefficient (Wildman–Crippen LogP) is 4.02. The largest absolute Gasteiger partial charge is 0.248 e. The topological polar surface area (TPSA) is 3.24 Å². The molecule has 2 rings (SSSR count). The Morgan fingerprint density at radius 2 is 1.79 bits per heavy atom. The average Bonchev–Trinajstić information content (AvgIpc) is 2.73. The third-order valence-electron chi connectivity index (χ3n) is 4.63. The third kappa shape index (κ3) is 2.11. The fraction of sp³-hybridized carbons (Fsp3) is 1.00. The summed E-state index contributed by atoms with van der Waals surface area (Å²) in [5, 5.41) is 0. The summed E-state index contributed by atoms with van der Waals surface area (Å²) < 4.78 is 2.47. The number of hydrogen-bond acceptors (Lipinski definition) is 1. The van der Waals surface area contributed by atoms with E-state index in [9.17, 15) is 0 Å². The van der Waals surface area contributed by atoms with Crippen molar-refractivity contribution in [2.75, 3.05) is 13.1 Å². The summed E-state index contributed by atoms with van der Waals surface area (Å²) in [6, 6.07) is 0. The number of hydrogen-bond donors (Lipinski definition) is 0. The molecule has 2 fully saturated rings. The molecule has 0 unspecified atom stereocenters. The van der Waals surface area contributed by atoms with Crippen LogP contribution in [0, 0.1) is 11.3 Å². The van der Waals surface area contributed by atoms with Gasteiger partial charge in [0.15, 0.2) is 0 Å². The molecule has 1 aliphatic heterocycles. The Balaban J connectivity index is 2.01. The Morgan fingerprint density at radius 3 is 2.29 bits per heavy atom. The molecule has 1 heterocycles. The quantitative estimate of drug-likeness (QED) is 0.550. The summed E-state index contributed by atoms with van der Waals surface area (Å²) in [5.74, 6) is 1.07. The second-order valence-corrected chi connectivity index (χ2v) is 6.47. The predicted molar refractivity (Wildman–Crippen MR) is 69.5 cm³/mol. The van der Waals surface area contributed by atoms with Crippen LogP contribution in [0.4, 0.5) is 0 Å². The first-order chi connectivity index (χ1) is 6.77. The van der Waals surface area contributed by atoms with Crippen LogP contribution >= 0.6 is 22.9 Å². The van der Waals surface area contributed by atoms with Crippen LogP contribution in [-0.4, -0.2) is 16.2 Å². The zero-order chi connectivity index (χ0) is 10.0. The molecular formula is C12H22IN. The lowest BCUT2D eigenvalue weighted by Crippen LogP contribution is -2.39. The van der Waals surface area contributed by atoms with Crippen molar-refractivity contribution in [3.05, 3.63) is 0 Å². The number of nitrogens with zero attached hydrogens (tertiary/aromatic N) is 1. The zero-order valence-corrected chi connectivity index (χ0v) is 11.4. The second kappa shape index (κ2) is 4.69. The highest BCUT2D eigenvalue weighted by Crippen LogP contribution is 2.49. The highest BCUT2D eigenvalue weighted by Gasteiger charge is 2.40. The smallest absolute Gasteiger partial charge is 0.0201 e. The lowest BCUT2D eigenvalue weighted by Gasteiger charge is -2.44. The van der Waals surface area contributed by atoms with Gasteiger partial charge >= 0.3 is 0 Å². The molecule has 1 saturated heterocycles. The summed E-state index contributed by atoms with van der Waals surface area (Å²) in [6.45, 7) is 5.07. The van der Waals surface area contributed by atoms with Gasteiger partial charge in [-0.2, -0.15) is 0 Å². The molecular weight excluding hydrogens is 285 g/mol. The third-order valence-corrected chi connectivity index (χ3v) is 5.59. The standard InChI is InChI=1S/C12H22IN/c1-2-12(11-5-3-4-6-11)7-9-14(13)10-8-12/h11H,2-10H2,1H3. The van der Waals surface area contributed by atoms with Gasteiger partial charge in [-0.1, -0.05) is 26.2 Å². The van der Waals surface area contributed by atoms with Crippen molar-refractivity contribution in [2.24, 2.45) is 11.3 Å². The molecule has 0 bridgehead atoms. The van der Waals surface area contributed by atoms with Crippen LogP contribution in [0.2, 0.25) is 0 Å². The van der Waals surface area contributed by atoms with Crippen LogP contribution in [0.15, 0.2) is 0 Å².